The molecule has 0 fully saturated rings. The summed E-state index contributed by atoms with van der Waals surface area (Å²) >= 11 is 5.99. The first-order valence-electron chi connectivity index (χ1n) is 4.26. The number of quaternary nitrogens is 1. The highest BCUT2D eigenvalue weighted by molar-refractivity contribution is 6.31. The second kappa shape index (κ2) is 4.48. The van der Waals surface area contributed by atoms with E-state index in [9.17, 15) is 0 Å². The van der Waals surface area contributed by atoms with Crippen LogP contribution in [0.2, 0.25) is 5.02 Å². The zero-order chi connectivity index (χ0) is 8.97. The van der Waals surface area contributed by atoms with Gasteiger partial charge in [0.2, 0.25) is 0 Å². The number of benzene rings is 1. The molecule has 0 radical (unpaired) electrons. The molecule has 0 aliphatic carbocycles. The summed E-state index contributed by atoms with van der Waals surface area (Å²) in [6, 6.07) is 8.49. The second-order valence-electron chi connectivity index (χ2n) is 3.24. The Morgan fingerprint density at radius 1 is 1.42 bits per heavy atom. The van der Waals surface area contributed by atoms with Gasteiger partial charge in [0, 0.05) is 11.4 Å². The van der Waals surface area contributed by atoms with Gasteiger partial charge in [-0.1, -0.05) is 29.8 Å². The largest absolute Gasteiger partial charge is 0.355 e. The van der Waals surface area contributed by atoms with Crippen LogP contribution >= 0.6 is 11.6 Å². The number of hydrogen-bond donors (Lipinski definition) is 1. The van der Waals surface area contributed by atoms with Gasteiger partial charge in [-0.05, 0) is 25.0 Å². The van der Waals surface area contributed by atoms with E-state index in [0.717, 1.165) is 17.9 Å². The van der Waals surface area contributed by atoms with E-state index in [2.05, 4.69) is 18.7 Å². The van der Waals surface area contributed by atoms with E-state index < -0.39 is 0 Å². The Balaban J connectivity index is 2.57. The minimum Gasteiger partial charge on any atom is -0.355 e. The van der Waals surface area contributed by atoms with Crippen molar-refractivity contribution in [2.45, 2.75) is 25.8 Å². The fourth-order valence-corrected chi connectivity index (χ4v) is 1.33. The van der Waals surface area contributed by atoms with Crippen molar-refractivity contribution in [1.29, 1.82) is 0 Å². The fraction of sp³-hybridized carbons (Fsp3) is 0.400. The molecule has 0 aliphatic rings. The summed E-state index contributed by atoms with van der Waals surface area (Å²) < 4.78 is 0. The Kier molecular flexibility index (Phi) is 3.57. The Morgan fingerprint density at radius 2 is 2.08 bits per heavy atom. The third kappa shape index (κ3) is 2.84. The van der Waals surface area contributed by atoms with Gasteiger partial charge in [-0.2, -0.15) is 0 Å². The third-order valence-electron chi connectivity index (χ3n) is 1.86. The van der Waals surface area contributed by atoms with E-state index in [4.69, 9.17) is 11.6 Å². The molecule has 0 spiro atoms. The standard InChI is InChI=1S/C10H14ClN/c1-8(12)6-7-9-4-2-3-5-10(9)11/h2-5,8H,6-7,12H2,1H3/p+1/t8-/m0/s1. The molecule has 66 valence electrons. The molecular formula is C10H15ClN+. The molecule has 2 heteroatoms. The summed E-state index contributed by atoms with van der Waals surface area (Å²) in [5.41, 5.74) is 5.17. The van der Waals surface area contributed by atoms with Crippen molar-refractivity contribution in [1.82, 2.24) is 0 Å². The lowest BCUT2D eigenvalue weighted by Crippen LogP contribution is -2.59. The van der Waals surface area contributed by atoms with Crippen molar-refractivity contribution in [2.24, 2.45) is 0 Å². The average Bonchev–Trinajstić information content (AvgIpc) is 2.03. The van der Waals surface area contributed by atoms with Gasteiger partial charge >= 0.3 is 0 Å². The van der Waals surface area contributed by atoms with Gasteiger partial charge < -0.3 is 5.73 Å². The molecule has 3 N–H and O–H groups in total. The highest BCUT2D eigenvalue weighted by atomic mass is 35.5. The van der Waals surface area contributed by atoms with E-state index in [1.807, 2.05) is 18.2 Å². The molecule has 1 atom stereocenters. The number of aryl methyl sites for hydroxylation is 1. The molecule has 12 heavy (non-hydrogen) atoms. The molecule has 1 nitrogen and oxygen atoms in total. The van der Waals surface area contributed by atoms with Gasteiger partial charge in [-0.15, -0.1) is 0 Å². The average molecular weight is 185 g/mol. The lowest BCUT2D eigenvalue weighted by Gasteiger charge is -2.03. The Labute approximate surface area is 78.5 Å². The lowest BCUT2D eigenvalue weighted by atomic mass is 10.1. The molecule has 0 heterocycles. The highest BCUT2D eigenvalue weighted by Crippen LogP contribution is 2.16. The van der Waals surface area contributed by atoms with Gasteiger partial charge in [0.05, 0.1) is 6.04 Å². The smallest absolute Gasteiger partial charge is 0.0818 e. The zero-order valence-electron chi connectivity index (χ0n) is 7.39. The van der Waals surface area contributed by atoms with Crippen molar-refractivity contribution in [3.8, 4) is 0 Å². The van der Waals surface area contributed by atoms with Crippen LogP contribution in [0.25, 0.3) is 0 Å². The van der Waals surface area contributed by atoms with E-state index in [1.165, 1.54) is 5.56 Å². The maximum Gasteiger partial charge on any atom is 0.0818 e. The Hall–Kier alpha value is -0.530. The van der Waals surface area contributed by atoms with E-state index in [1.54, 1.807) is 0 Å². The van der Waals surface area contributed by atoms with Crippen LogP contribution in [0.1, 0.15) is 18.9 Å². The summed E-state index contributed by atoms with van der Waals surface area (Å²) in [7, 11) is 0. The highest BCUT2D eigenvalue weighted by Gasteiger charge is 2.01. The van der Waals surface area contributed by atoms with Gasteiger partial charge in [0.25, 0.3) is 0 Å². The maximum absolute atomic E-state index is 5.99. The maximum atomic E-state index is 5.99. The summed E-state index contributed by atoms with van der Waals surface area (Å²) in [5, 5.41) is 0.873. The van der Waals surface area contributed by atoms with E-state index in [-0.39, 0.29) is 0 Å². The minimum absolute atomic E-state index is 0.501. The molecule has 0 aliphatic heterocycles. The number of rotatable bonds is 3. The van der Waals surface area contributed by atoms with Gasteiger partial charge in [-0.3, -0.25) is 0 Å². The Bertz CT molecular complexity index is 245. The SMILES string of the molecule is C[C@H]([NH3+])CCc1ccccc1Cl. The normalized spacial score (nSPS) is 12.9. The monoisotopic (exact) mass is 184 g/mol. The fourth-order valence-electron chi connectivity index (χ4n) is 1.10. The minimum atomic E-state index is 0.501. The van der Waals surface area contributed by atoms with Crippen LogP contribution in [-0.2, 0) is 6.42 Å². The molecule has 0 amide bonds. The van der Waals surface area contributed by atoms with E-state index >= 15 is 0 Å². The van der Waals surface area contributed by atoms with Crippen LogP contribution in [-0.4, -0.2) is 6.04 Å². The molecule has 0 saturated heterocycles. The summed E-state index contributed by atoms with van der Waals surface area (Å²) in [4.78, 5) is 0. The molecule has 0 saturated carbocycles. The zero-order valence-corrected chi connectivity index (χ0v) is 8.14. The van der Waals surface area contributed by atoms with Crippen molar-refractivity contribution < 1.29 is 5.73 Å². The van der Waals surface area contributed by atoms with Crippen molar-refractivity contribution >= 4 is 11.6 Å². The van der Waals surface area contributed by atoms with Crippen LogP contribution in [0.4, 0.5) is 0 Å². The number of halogens is 1. The van der Waals surface area contributed by atoms with Gasteiger partial charge in [0.15, 0.2) is 0 Å². The van der Waals surface area contributed by atoms with Gasteiger partial charge in [-0.25, -0.2) is 0 Å². The first-order valence-corrected chi connectivity index (χ1v) is 4.64. The predicted molar refractivity (Wildman–Crippen MR) is 52.1 cm³/mol. The van der Waals surface area contributed by atoms with E-state index in [0.29, 0.717) is 6.04 Å². The van der Waals surface area contributed by atoms with Crippen molar-refractivity contribution in [3.63, 3.8) is 0 Å². The second-order valence-corrected chi connectivity index (χ2v) is 3.64. The number of hydrogen-bond acceptors (Lipinski definition) is 0. The molecule has 0 bridgehead atoms. The van der Waals surface area contributed by atoms with Gasteiger partial charge in [0.1, 0.15) is 0 Å². The van der Waals surface area contributed by atoms with Crippen LogP contribution in [0.15, 0.2) is 24.3 Å². The first kappa shape index (κ1) is 9.56. The molecule has 1 rings (SSSR count). The summed E-state index contributed by atoms with van der Waals surface area (Å²) in [6.07, 6.45) is 2.13. The molecule has 0 aromatic heterocycles. The first-order chi connectivity index (χ1) is 5.70. The summed E-state index contributed by atoms with van der Waals surface area (Å²) in [6.45, 7) is 2.12. The molecular weight excluding hydrogens is 170 g/mol. The predicted octanol–water partition coefficient (Wildman–Crippen LogP) is 1.90. The van der Waals surface area contributed by atoms with Crippen molar-refractivity contribution in [2.75, 3.05) is 0 Å². The third-order valence-corrected chi connectivity index (χ3v) is 2.23. The quantitative estimate of drug-likeness (QED) is 0.744. The van der Waals surface area contributed by atoms with Crippen LogP contribution in [0.3, 0.4) is 0 Å². The van der Waals surface area contributed by atoms with Crippen LogP contribution in [0.5, 0.6) is 0 Å². The molecule has 1 aromatic carbocycles. The van der Waals surface area contributed by atoms with Crippen LogP contribution < -0.4 is 5.73 Å². The van der Waals surface area contributed by atoms with Crippen molar-refractivity contribution in [3.05, 3.63) is 34.9 Å². The molecule has 1 aromatic rings. The summed E-state index contributed by atoms with van der Waals surface area (Å²) in [5.74, 6) is 0. The Morgan fingerprint density at radius 3 is 2.67 bits per heavy atom. The molecule has 0 unspecified atom stereocenters. The lowest BCUT2D eigenvalue weighted by molar-refractivity contribution is -0.415. The van der Waals surface area contributed by atoms with Crippen LogP contribution in [0, 0.1) is 0 Å². The topological polar surface area (TPSA) is 27.6 Å².